The van der Waals surface area contributed by atoms with Gasteiger partial charge in [0.2, 0.25) is 15.9 Å². The van der Waals surface area contributed by atoms with Gasteiger partial charge in [0.25, 0.3) is 0 Å². The van der Waals surface area contributed by atoms with Crippen molar-refractivity contribution in [3.8, 4) is 0 Å². The molecule has 0 radical (unpaired) electrons. The molecule has 1 aromatic rings. The summed E-state index contributed by atoms with van der Waals surface area (Å²) in [6.45, 7) is 0.506. The molecule has 5 aliphatic rings. The van der Waals surface area contributed by atoms with E-state index in [1.54, 1.807) is 28.6 Å². The maximum absolute atomic E-state index is 13.2. The van der Waals surface area contributed by atoms with Crippen molar-refractivity contribution in [2.24, 2.45) is 17.8 Å². The topological polar surface area (TPSA) is 66.5 Å². The smallest absolute Gasteiger partial charge is 0.243 e. The highest BCUT2D eigenvalue weighted by Gasteiger charge is 2.51. The maximum Gasteiger partial charge on any atom is 0.243 e. The molecule has 5 nitrogen and oxygen atoms in total. The fraction of sp³-hybridized carbons (Fsp3) is 0.696. The van der Waals surface area contributed by atoms with E-state index in [-0.39, 0.29) is 23.9 Å². The second-order valence-corrected chi connectivity index (χ2v) is 11.9. The average molecular weight is 417 g/mol. The molecule has 4 bridgehead atoms. The van der Waals surface area contributed by atoms with Crippen LogP contribution in [-0.4, -0.2) is 36.8 Å². The zero-order chi connectivity index (χ0) is 20.1. The van der Waals surface area contributed by atoms with Crippen LogP contribution < -0.4 is 5.32 Å². The molecule has 0 aromatic heterocycles. The van der Waals surface area contributed by atoms with Gasteiger partial charge in [-0.15, -0.1) is 0 Å². The predicted octanol–water partition coefficient (Wildman–Crippen LogP) is 3.70. The minimum atomic E-state index is -3.56. The zero-order valence-corrected chi connectivity index (χ0v) is 17.9. The van der Waals surface area contributed by atoms with Crippen LogP contribution in [0.15, 0.2) is 35.2 Å². The number of hydrogen-bond acceptors (Lipinski definition) is 3. The summed E-state index contributed by atoms with van der Waals surface area (Å²) in [5.74, 6) is 2.40. The van der Waals surface area contributed by atoms with E-state index in [1.807, 2.05) is 6.07 Å². The van der Waals surface area contributed by atoms with Crippen LogP contribution in [0.1, 0.15) is 64.2 Å². The van der Waals surface area contributed by atoms with Crippen LogP contribution in [0.3, 0.4) is 0 Å². The molecule has 6 heteroatoms. The highest BCUT2D eigenvalue weighted by atomic mass is 32.2. The van der Waals surface area contributed by atoms with E-state index in [0.29, 0.717) is 11.4 Å². The van der Waals surface area contributed by atoms with Crippen LogP contribution in [-0.2, 0) is 14.8 Å². The molecule has 6 rings (SSSR count). The summed E-state index contributed by atoms with van der Waals surface area (Å²) in [6, 6.07) is 8.40. The Hall–Kier alpha value is -1.40. The van der Waals surface area contributed by atoms with Crippen LogP contribution in [0.25, 0.3) is 0 Å². The number of hydrogen-bond donors (Lipinski definition) is 1. The number of rotatable bonds is 5. The molecule has 4 aliphatic carbocycles. The molecule has 1 heterocycles. The number of amides is 1. The van der Waals surface area contributed by atoms with E-state index in [2.05, 4.69) is 5.32 Å². The number of carbonyl (C=O) groups is 1. The van der Waals surface area contributed by atoms with Crippen molar-refractivity contribution < 1.29 is 13.2 Å². The molecule has 1 saturated heterocycles. The van der Waals surface area contributed by atoms with Crippen LogP contribution in [0.4, 0.5) is 0 Å². The zero-order valence-electron chi connectivity index (χ0n) is 17.1. The van der Waals surface area contributed by atoms with Gasteiger partial charge in [0.1, 0.15) is 0 Å². The third kappa shape index (κ3) is 3.74. The Labute approximate surface area is 174 Å². The maximum atomic E-state index is 13.2. The van der Waals surface area contributed by atoms with Gasteiger partial charge < -0.3 is 5.32 Å². The first-order chi connectivity index (χ1) is 13.9. The van der Waals surface area contributed by atoms with E-state index < -0.39 is 10.0 Å². The van der Waals surface area contributed by atoms with Gasteiger partial charge in [-0.2, -0.15) is 4.31 Å². The summed E-state index contributed by atoms with van der Waals surface area (Å²) in [4.78, 5) is 13.4. The summed E-state index contributed by atoms with van der Waals surface area (Å²) < 4.78 is 28.0. The quantitative estimate of drug-likeness (QED) is 0.796. The van der Waals surface area contributed by atoms with Crippen molar-refractivity contribution in [2.75, 3.05) is 6.54 Å². The Morgan fingerprint density at radius 2 is 1.62 bits per heavy atom. The van der Waals surface area contributed by atoms with Gasteiger partial charge in [0, 0.05) is 24.5 Å². The Balaban J connectivity index is 1.29. The first-order valence-electron chi connectivity index (χ1n) is 11.3. The van der Waals surface area contributed by atoms with Gasteiger partial charge in [-0.1, -0.05) is 24.6 Å². The summed E-state index contributed by atoms with van der Waals surface area (Å²) in [5, 5.41) is 3.42. The fourth-order valence-corrected chi connectivity index (χ4v) is 8.76. The molecular weight excluding hydrogens is 384 g/mol. The largest absolute Gasteiger partial charge is 0.351 e. The van der Waals surface area contributed by atoms with Gasteiger partial charge in [0.05, 0.1) is 4.90 Å². The van der Waals surface area contributed by atoms with Crippen molar-refractivity contribution in [1.82, 2.24) is 9.62 Å². The molecule has 5 fully saturated rings. The van der Waals surface area contributed by atoms with Gasteiger partial charge in [0.15, 0.2) is 0 Å². The van der Waals surface area contributed by atoms with E-state index in [0.717, 1.165) is 56.3 Å². The molecule has 158 valence electrons. The second-order valence-electron chi connectivity index (χ2n) is 10.0. The SMILES string of the molecule is O=C(CC1CCCCN1S(=O)(=O)c1ccccc1)NC12CC3CC(CC(C3)C1)C2. The average Bonchev–Trinajstić information content (AvgIpc) is 2.67. The van der Waals surface area contributed by atoms with Crippen LogP contribution in [0, 0.1) is 17.8 Å². The first-order valence-corrected chi connectivity index (χ1v) is 12.8. The highest BCUT2D eigenvalue weighted by Crippen LogP contribution is 2.55. The summed E-state index contributed by atoms with van der Waals surface area (Å²) in [5.41, 5.74) is -0.0103. The van der Waals surface area contributed by atoms with Gasteiger partial charge in [-0.05, 0) is 81.3 Å². The monoisotopic (exact) mass is 416 g/mol. The van der Waals surface area contributed by atoms with Crippen LogP contribution >= 0.6 is 0 Å². The molecule has 1 amide bonds. The summed E-state index contributed by atoms with van der Waals surface area (Å²) in [6.07, 6.45) is 10.3. The van der Waals surface area contributed by atoms with Crippen molar-refractivity contribution >= 4 is 15.9 Å². The summed E-state index contributed by atoms with van der Waals surface area (Å²) >= 11 is 0. The van der Waals surface area contributed by atoms with Gasteiger partial charge in [-0.3, -0.25) is 4.79 Å². The lowest BCUT2D eigenvalue weighted by Crippen LogP contribution is -2.60. The van der Waals surface area contributed by atoms with Crippen LogP contribution in [0.5, 0.6) is 0 Å². The first kappa shape index (κ1) is 19.6. The molecule has 1 N–H and O–H groups in total. The lowest BCUT2D eigenvalue weighted by Gasteiger charge is -2.57. The molecule has 0 spiro atoms. The molecular formula is C23H32N2O3S. The fourth-order valence-electron chi connectivity index (χ4n) is 7.05. The van der Waals surface area contributed by atoms with E-state index in [1.165, 1.54) is 19.3 Å². The third-order valence-corrected chi connectivity index (χ3v) is 9.75. The van der Waals surface area contributed by atoms with Crippen molar-refractivity contribution in [3.05, 3.63) is 30.3 Å². The molecule has 1 aliphatic heterocycles. The number of benzene rings is 1. The molecule has 1 atom stereocenters. The number of carbonyl (C=O) groups excluding carboxylic acids is 1. The lowest BCUT2D eigenvalue weighted by molar-refractivity contribution is -0.127. The number of nitrogens with one attached hydrogen (secondary N) is 1. The Morgan fingerprint density at radius 3 is 2.24 bits per heavy atom. The van der Waals surface area contributed by atoms with Crippen molar-refractivity contribution in [3.63, 3.8) is 0 Å². The molecule has 4 saturated carbocycles. The van der Waals surface area contributed by atoms with E-state index in [9.17, 15) is 13.2 Å². The molecule has 1 aromatic carbocycles. The lowest BCUT2D eigenvalue weighted by atomic mass is 9.53. The van der Waals surface area contributed by atoms with E-state index >= 15 is 0 Å². The molecule has 29 heavy (non-hydrogen) atoms. The Morgan fingerprint density at radius 1 is 1.00 bits per heavy atom. The van der Waals surface area contributed by atoms with Crippen LogP contribution in [0.2, 0.25) is 0 Å². The second kappa shape index (κ2) is 7.38. The third-order valence-electron chi connectivity index (χ3n) is 7.79. The van der Waals surface area contributed by atoms with E-state index in [4.69, 9.17) is 0 Å². The number of sulfonamides is 1. The normalized spacial score (nSPS) is 36.8. The Bertz CT molecular complexity index is 832. The predicted molar refractivity (Wildman–Crippen MR) is 112 cm³/mol. The molecule has 1 unspecified atom stereocenters. The van der Waals surface area contributed by atoms with Gasteiger partial charge in [-0.25, -0.2) is 8.42 Å². The van der Waals surface area contributed by atoms with Crippen molar-refractivity contribution in [1.29, 1.82) is 0 Å². The minimum Gasteiger partial charge on any atom is -0.351 e. The number of nitrogens with zero attached hydrogens (tertiary/aromatic N) is 1. The summed E-state index contributed by atoms with van der Waals surface area (Å²) in [7, 11) is -3.56. The Kier molecular flexibility index (Phi) is 4.98. The number of piperidine rings is 1. The standard InChI is InChI=1S/C23H32N2O3S/c26-22(24-23-14-17-10-18(15-23)12-19(11-17)16-23)13-20-6-4-5-9-25(20)29(27,28)21-7-2-1-3-8-21/h1-3,7-8,17-20H,4-6,9-16H2,(H,24,26). The van der Waals surface area contributed by atoms with Crippen molar-refractivity contribution in [2.45, 2.75) is 80.7 Å². The highest BCUT2D eigenvalue weighted by molar-refractivity contribution is 7.89. The minimum absolute atomic E-state index is 0.0103. The van der Waals surface area contributed by atoms with Gasteiger partial charge >= 0.3 is 0 Å².